The molecule has 2 N–H and O–H groups in total. The highest BCUT2D eigenvalue weighted by atomic mass is 35.5. The number of likely N-dealkylation sites (N-methyl/N-ethyl adjacent to an activating group) is 1. The van der Waals surface area contributed by atoms with Crippen LogP contribution in [0.1, 0.15) is 18.0 Å². The van der Waals surface area contributed by atoms with Crippen molar-refractivity contribution < 1.29 is 14.4 Å². The third-order valence-corrected chi connectivity index (χ3v) is 7.82. The lowest BCUT2D eigenvalue weighted by molar-refractivity contribution is -0.111. The molecule has 2 aromatic carbocycles. The molecule has 210 valence electrons. The molecular weight excluding hydrogens is 553 g/mol. The number of carbonyl (C=O) groups is 1. The molecule has 2 saturated heterocycles. The molecule has 10 nitrogen and oxygen atoms in total. The highest BCUT2D eigenvalue weighted by molar-refractivity contribution is 6.42. The number of halogens is 2. The van der Waals surface area contributed by atoms with Gasteiger partial charge in [-0.25, -0.2) is 15.0 Å². The molecule has 1 aromatic heterocycles. The molecule has 2 aliphatic heterocycles. The largest absolute Gasteiger partial charge is 0.494 e. The molecule has 3 aromatic rings. The van der Waals surface area contributed by atoms with Crippen molar-refractivity contribution in [2.24, 2.45) is 0 Å². The minimum atomic E-state index is -0.298. The molecule has 5 rings (SSSR count). The number of methoxy groups -OCH3 is 1. The van der Waals surface area contributed by atoms with Gasteiger partial charge in [0.2, 0.25) is 5.91 Å². The SMILES string of the molecule is C=CC(=O)Nc1cc(Nc2cc(N3OCC[C@@H]3c3cccc(Cl)c3Cl)ncn2)c(OC)cc1N1CCN(C)CC1. The Balaban J connectivity index is 1.45. The van der Waals surface area contributed by atoms with E-state index < -0.39 is 0 Å². The van der Waals surface area contributed by atoms with Crippen LogP contribution in [0, 0.1) is 0 Å². The summed E-state index contributed by atoms with van der Waals surface area (Å²) < 4.78 is 5.75. The summed E-state index contributed by atoms with van der Waals surface area (Å²) in [7, 11) is 3.71. The van der Waals surface area contributed by atoms with Crippen LogP contribution in [0.3, 0.4) is 0 Å². The number of aromatic nitrogens is 2. The Morgan fingerprint density at radius 3 is 2.70 bits per heavy atom. The van der Waals surface area contributed by atoms with Crippen LogP contribution in [0.4, 0.5) is 28.7 Å². The van der Waals surface area contributed by atoms with Crippen molar-refractivity contribution in [3.8, 4) is 5.75 Å². The predicted molar refractivity (Wildman–Crippen MR) is 159 cm³/mol. The van der Waals surface area contributed by atoms with Crippen LogP contribution < -0.4 is 25.3 Å². The lowest BCUT2D eigenvalue weighted by atomic mass is 10.0. The molecule has 2 fully saturated rings. The standard InChI is InChI=1S/C28H31Cl2N7O3/c1-4-27(38)34-20-14-21(24(39-3)15-23(20)36-11-9-35(2)10-12-36)33-25-16-26(32-17-31-25)37-22(8-13-40-37)18-6-5-7-19(29)28(18)30/h4-7,14-17,22H,1,8-13H2,2-3H3,(H,34,38)(H,31,32,33)/t22-/m1/s1. The fraction of sp³-hybridized carbons (Fsp3) is 0.321. The van der Waals surface area contributed by atoms with Gasteiger partial charge in [0, 0.05) is 44.7 Å². The molecule has 0 radical (unpaired) electrons. The lowest BCUT2D eigenvalue weighted by Gasteiger charge is -2.35. The van der Waals surface area contributed by atoms with Gasteiger partial charge in [0.05, 0.1) is 46.9 Å². The van der Waals surface area contributed by atoms with Crippen molar-refractivity contribution in [3.63, 3.8) is 0 Å². The average molecular weight is 585 g/mol. The summed E-state index contributed by atoms with van der Waals surface area (Å²) in [6, 6.07) is 11.0. The molecule has 0 saturated carbocycles. The van der Waals surface area contributed by atoms with Crippen LogP contribution >= 0.6 is 23.2 Å². The van der Waals surface area contributed by atoms with E-state index in [2.05, 4.69) is 44.0 Å². The minimum Gasteiger partial charge on any atom is -0.494 e. The van der Waals surface area contributed by atoms with Gasteiger partial charge in [-0.15, -0.1) is 0 Å². The summed E-state index contributed by atoms with van der Waals surface area (Å²) in [5, 5.41) is 8.98. The third kappa shape index (κ3) is 5.95. The maximum absolute atomic E-state index is 12.3. The summed E-state index contributed by atoms with van der Waals surface area (Å²) >= 11 is 12.8. The first-order chi connectivity index (χ1) is 19.4. The monoisotopic (exact) mass is 583 g/mol. The second-order valence-electron chi connectivity index (χ2n) is 9.55. The van der Waals surface area contributed by atoms with Crippen molar-refractivity contribution in [2.75, 3.05) is 67.5 Å². The van der Waals surface area contributed by atoms with Crippen molar-refractivity contribution in [3.05, 3.63) is 71.0 Å². The van der Waals surface area contributed by atoms with Gasteiger partial charge in [-0.1, -0.05) is 41.9 Å². The van der Waals surface area contributed by atoms with Gasteiger partial charge in [0.1, 0.15) is 17.9 Å². The summed E-state index contributed by atoms with van der Waals surface area (Å²) in [5.74, 6) is 1.38. The number of hydroxylamine groups is 1. The maximum Gasteiger partial charge on any atom is 0.247 e. The Hall–Kier alpha value is -3.57. The lowest BCUT2D eigenvalue weighted by Crippen LogP contribution is -2.44. The van der Waals surface area contributed by atoms with Gasteiger partial charge in [-0.05, 0) is 30.8 Å². The zero-order valence-electron chi connectivity index (χ0n) is 22.4. The van der Waals surface area contributed by atoms with E-state index in [4.69, 9.17) is 32.8 Å². The van der Waals surface area contributed by atoms with Crippen LogP contribution in [0.25, 0.3) is 0 Å². The van der Waals surface area contributed by atoms with E-state index in [1.54, 1.807) is 24.3 Å². The predicted octanol–water partition coefficient (Wildman–Crippen LogP) is 5.29. The molecule has 0 spiro atoms. The molecule has 0 unspecified atom stereocenters. The molecule has 1 amide bonds. The number of benzene rings is 2. The first-order valence-corrected chi connectivity index (χ1v) is 13.7. The van der Waals surface area contributed by atoms with Gasteiger partial charge >= 0.3 is 0 Å². The number of piperazine rings is 1. The van der Waals surface area contributed by atoms with Crippen molar-refractivity contribution >= 4 is 57.8 Å². The number of ether oxygens (including phenoxy) is 1. The number of amides is 1. The Morgan fingerprint density at radius 2 is 1.95 bits per heavy atom. The number of anilines is 5. The first-order valence-electron chi connectivity index (χ1n) is 12.9. The third-order valence-electron chi connectivity index (χ3n) is 6.99. The van der Waals surface area contributed by atoms with Crippen LogP contribution in [0.15, 0.2) is 55.4 Å². The zero-order valence-corrected chi connectivity index (χ0v) is 23.9. The number of nitrogens with one attached hydrogen (secondary N) is 2. The van der Waals surface area contributed by atoms with Crippen LogP contribution in [-0.2, 0) is 9.63 Å². The number of hydrogen-bond acceptors (Lipinski definition) is 9. The molecular formula is C28H31Cl2N7O3. The van der Waals surface area contributed by atoms with Gasteiger partial charge in [-0.3, -0.25) is 9.63 Å². The number of carbonyl (C=O) groups excluding carboxylic acids is 1. The fourth-order valence-electron chi connectivity index (χ4n) is 4.86. The average Bonchev–Trinajstić information content (AvgIpc) is 3.45. The van der Waals surface area contributed by atoms with E-state index in [0.717, 1.165) is 43.9 Å². The van der Waals surface area contributed by atoms with Crippen LogP contribution in [0.2, 0.25) is 10.0 Å². The Bertz CT molecular complexity index is 1400. The van der Waals surface area contributed by atoms with E-state index in [-0.39, 0.29) is 11.9 Å². The topological polar surface area (TPSA) is 95.1 Å². The smallest absolute Gasteiger partial charge is 0.247 e. The van der Waals surface area contributed by atoms with Crippen molar-refractivity contribution in [1.29, 1.82) is 0 Å². The van der Waals surface area contributed by atoms with Gasteiger partial charge in [0.25, 0.3) is 0 Å². The maximum atomic E-state index is 12.3. The van der Waals surface area contributed by atoms with Crippen molar-refractivity contribution in [1.82, 2.24) is 14.9 Å². The van der Waals surface area contributed by atoms with Gasteiger partial charge in [-0.2, -0.15) is 0 Å². The van der Waals surface area contributed by atoms with Crippen LogP contribution in [0.5, 0.6) is 5.75 Å². The molecule has 2 aliphatic rings. The number of nitrogens with zero attached hydrogens (tertiary/aromatic N) is 5. The van der Waals surface area contributed by atoms with E-state index in [9.17, 15) is 4.79 Å². The highest BCUT2D eigenvalue weighted by Crippen LogP contribution is 2.41. The fourth-order valence-corrected chi connectivity index (χ4v) is 5.29. The zero-order chi connectivity index (χ0) is 28.2. The Kier molecular flexibility index (Phi) is 8.60. The number of rotatable bonds is 8. The Morgan fingerprint density at radius 1 is 1.15 bits per heavy atom. The molecule has 3 heterocycles. The van der Waals surface area contributed by atoms with Crippen LogP contribution in [-0.4, -0.2) is 67.7 Å². The molecule has 0 bridgehead atoms. The van der Waals surface area contributed by atoms with E-state index in [1.165, 1.54) is 12.4 Å². The highest BCUT2D eigenvalue weighted by Gasteiger charge is 2.31. The van der Waals surface area contributed by atoms with E-state index in [1.807, 2.05) is 24.3 Å². The molecule has 12 heteroatoms. The first kappa shape index (κ1) is 28.0. The summed E-state index contributed by atoms with van der Waals surface area (Å²) in [4.78, 5) is 31.6. The molecule has 1 atom stereocenters. The quantitative estimate of drug-likeness (QED) is 0.343. The summed E-state index contributed by atoms with van der Waals surface area (Å²) in [6.07, 6.45) is 3.43. The second kappa shape index (κ2) is 12.3. The van der Waals surface area contributed by atoms with E-state index in [0.29, 0.717) is 45.4 Å². The normalized spacial score (nSPS) is 17.6. The molecule has 0 aliphatic carbocycles. The second-order valence-corrected chi connectivity index (χ2v) is 10.3. The summed E-state index contributed by atoms with van der Waals surface area (Å²) in [6.45, 7) is 7.59. The summed E-state index contributed by atoms with van der Waals surface area (Å²) in [5.41, 5.74) is 3.01. The minimum absolute atomic E-state index is 0.160. The van der Waals surface area contributed by atoms with Crippen molar-refractivity contribution in [2.45, 2.75) is 12.5 Å². The van der Waals surface area contributed by atoms with Gasteiger partial charge in [0.15, 0.2) is 5.82 Å². The van der Waals surface area contributed by atoms with E-state index >= 15 is 0 Å². The number of hydrogen-bond donors (Lipinski definition) is 2. The Labute approximate surface area is 243 Å². The van der Waals surface area contributed by atoms with Gasteiger partial charge < -0.3 is 25.2 Å². The molecule has 40 heavy (non-hydrogen) atoms.